The topological polar surface area (TPSA) is 54.9 Å². The molecule has 0 aromatic rings. The van der Waals surface area contributed by atoms with Gasteiger partial charge in [0.05, 0.1) is 0 Å². The third-order valence-corrected chi connectivity index (χ3v) is 4.80. The highest BCUT2D eigenvalue weighted by atomic mass is 16.5. The molecule has 0 radical (unpaired) electrons. The van der Waals surface area contributed by atoms with Crippen LogP contribution in [0.2, 0.25) is 0 Å². The summed E-state index contributed by atoms with van der Waals surface area (Å²) in [6.45, 7) is 5.35. The van der Waals surface area contributed by atoms with E-state index in [0.29, 0.717) is 5.92 Å². The second-order valence-corrected chi connectivity index (χ2v) is 6.77. The Morgan fingerprint density at radius 3 is 2.83 bits per heavy atom. The molecule has 2 aliphatic rings. The summed E-state index contributed by atoms with van der Waals surface area (Å²) in [5, 5.41) is 6.77. The third-order valence-electron chi connectivity index (χ3n) is 4.80. The number of ether oxygens (including phenoxy) is 2. The van der Waals surface area contributed by atoms with E-state index in [-0.39, 0.29) is 0 Å². The molecular formula is C19H35N3O2. The fourth-order valence-corrected chi connectivity index (χ4v) is 3.24. The van der Waals surface area contributed by atoms with Crippen LogP contribution < -0.4 is 10.6 Å². The zero-order valence-corrected chi connectivity index (χ0v) is 15.3. The largest absolute Gasteiger partial charge is 0.381 e. The third kappa shape index (κ3) is 8.15. The zero-order chi connectivity index (χ0) is 16.9. The lowest BCUT2D eigenvalue weighted by molar-refractivity contribution is 0.0203. The molecule has 1 saturated heterocycles. The van der Waals surface area contributed by atoms with E-state index >= 15 is 0 Å². The van der Waals surface area contributed by atoms with E-state index in [9.17, 15) is 0 Å². The summed E-state index contributed by atoms with van der Waals surface area (Å²) in [6.07, 6.45) is 12.1. The first-order valence-electron chi connectivity index (χ1n) is 9.66. The molecule has 0 amide bonds. The number of aliphatic imine (C=N–C) groups is 1. The summed E-state index contributed by atoms with van der Waals surface area (Å²) >= 11 is 0. The Kier molecular flexibility index (Phi) is 9.88. The molecule has 1 heterocycles. The van der Waals surface area contributed by atoms with Gasteiger partial charge < -0.3 is 20.1 Å². The molecule has 0 saturated carbocycles. The summed E-state index contributed by atoms with van der Waals surface area (Å²) in [4.78, 5) is 4.28. The van der Waals surface area contributed by atoms with E-state index < -0.39 is 0 Å². The number of rotatable bonds is 9. The summed E-state index contributed by atoms with van der Waals surface area (Å²) in [5.74, 6) is 1.59. The van der Waals surface area contributed by atoms with E-state index in [2.05, 4.69) is 21.7 Å². The van der Waals surface area contributed by atoms with E-state index in [1.165, 1.54) is 25.7 Å². The molecule has 0 spiro atoms. The molecule has 2 rings (SSSR count). The Labute approximate surface area is 147 Å². The van der Waals surface area contributed by atoms with Crippen molar-refractivity contribution in [3.05, 3.63) is 11.6 Å². The fraction of sp³-hybridized carbons (Fsp3) is 0.842. The van der Waals surface area contributed by atoms with E-state index in [1.54, 1.807) is 5.57 Å². The van der Waals surface area contributed by atoms with Gasteiger partial charge >= 0.3 is 0 Å². The number of nitrogens with one attached hydrogen (secondary N) is 2. The van der Waals surface area contributed by atoms with Crippen LogP contribution in [0.3, 0.4) is 0 Å². The van der Waals surface area contributed by atoms with Crippen molar-refractivity contribution in [1.82, 2.24) is 10.6 Å². The van der Waals surface area contributed by atoms with Gasteiger partial charge in [0.2, 0.25) is 0 Å². The molecule has 1 aliphatic carbocycles. The molecule has 0 unspecified atom stereocenters. The van der Waals surface area contributed by atoms with Gasteiger partial charge in [-0.15, -0.1) is 0 Å². The first-order valence-corrected chi connectivity index (χ1v) is 9.66. The Morgan fingerprint density at radius 1 is 1.25 bits per heavy atom. The molecule has 24 heavy (non-hydrogen) atoms. The van der Waals surface area contributed by atoms with Crippen LogP contribution in [-0.2, 0) is 9.47 Å². The second kappa shape index (κ2) is 12.3. The molecule has 0 bridgehead atoms. The van der Waals surface area contributed by atoms with Gasteiger partial charge in [-0.1, -0.05) is 11.6 Å². The molecule has 5 nitrogen and oxygen atoms in total. The Morgan fingerprint density at radius 2 is 2.08 bits per heavy atom. The predicted octanol–water partition coefficient (Wildman–Crippen LogP) is 2.88. The Balaban J connectivity index is 1.45. The fourth-order valence-electron chi connectivity index (χ4n) is 3.24. The molecule has 2 N–H and O–H groups in total. The maximum absolute atomic E-state index is 5.79. The zero-order valence-electron chi connectivity index (χ0n) is 15.3. The van der Waals surface area contributed by atoms with Crippen LogP contribution in [0, 0.1) is 5.92 Å². The molecule has 1 aliphatic heterocycles. The van der Waals surface area contributed by atoms with Crippen molar-refractivity contribution < 1.29 is 9.47 Å². The van der Waals surface area contributed by atoms with E-state index in [0.717, 1.165) is 71.2 Å². The second-order valence-electron chi connectivity index (χ2n) is 6.77. The lowest BCUT2D eigenvalue weighted by Gasteiger charge is -2.21. The highest BCUT2D eigenvalue weighted by Gasteiger charge is 2.13. The summed E-state index contributed by atoms with van der Waals surface area (Å²) in [6, 6.07) is 0. The van der Waals surface area contributed by atoms with Crippen LogP contribution in [0.4, 0.5) is 0 Å². The molecule has 0 aromatic carbocycles. The summed E-state index contributed by atoms with van der Waals surface area (Å²) in [5.41, 5.74) is 1.60. The van der Waals surface area contributed by atoms with Gasteiger partial charge in [-0.05, 0) is 57.3 Å². The minimum Gasteiger partial charge on any atom is -0.381 e. The number of guanidine groups is 1. The lowest BCUT2D eigenvalue weighted by Crippen LogP contribution is -2.38. The highest BCUT2D eigenvalue weighted by Crippen LogP contribution is 2.19. The van der Waals surface area contributed by atoms with Crippen LogP contribution in [0.15, 0.2) is 16.6 Å². The molecule has 0 aromatic heterocycles. The molecule has 1 fully saturated rings. The molecule has 0 atom stereocenters. The average molecular weight is 338 g/mol. The van der Waals surface area contributed by atoms with Crippen molar-refractivity contribution >= 4 is 5.96 Å². The highest BCUT2D eigenvalue weighted by molar-refractivity contribution is 5.79. The molecule has 138 valence electrons. The number of hydrogen-bond donors (Lipinski definition) is 2. The normalized spacial score (nSPS) is 19.9. The smallest absolute Gasteiger partial charge is 0.190 e. The summed E-state index contributed by atoms with van der Waals surface area (Å²) in [7, 11) is 1.83. The minimum atomic E-state index is 0.690. The van der Waals surface area contributed by atoms with Crippen LogP contribution >= 0.6 is 0 Å². The Bertz CT molecular complexity index is 390. The van der Waals surface area contributed by atoms with Gasteiger partial charge in [-0.3, -0.25) is 4.99 Å². The van der Waals surface area contributed by atoms with Gasteiger partial charge in [-0.25, -0.2) is 0 Å². The number of nitrogens with zero attached hydrogens (tertiary/aromatic N) is 1. The van der Waals surface area contributed by atoms with Gasteiger partial charge in [0.15, 0.2) is 5.96 Å². The van der Waals surface area contributed by atoms with Crippen LogP contribution in [-0.4, -0.2) is 52.5 Å². The first kappa shape index (κ1) is 19.3. The predicted molar refractivity (Wildman–Crippen MR) is 99.5 cm³/mol. The number of hydrogen-bond acceptors (Lipinski definition) is 3. The van der Waals surface area contributed by atoms with Gasteiger partial charge in [0.1, 0.15) is 0 Å². The minimum absolute atomic E-state index is 0.690. The van der Waals surface area contributed by atoms with E-state index in [1.807, 2.05) is 7.05 Å². The van der Waals surface area contributed by atoms with Gasteiger partial charge in [-0.2, -0.15) is 0 Å². The molecular weight excluding hydrogens is 302 g/mol. The van der Waals surface area contributed by atoms with Crippen molar-refractivity contribution in [3.63, 3.8) is 0 Å². The van der Waals surface area contributed by atoms with Crippen molar-refractivity contribution in [2.75, 3.05) is 46.6 Å². The van der Waals surface area contributed by atoms with Crippen LogP contribution in [0.25, 0.3) is 0 Å². The monoisotopic (exact) mass is 337 g/mol. The quantitative estimate of drug-likeness (QED) is 0.294. The SMILES string of the molecule is CN=C(NCCCOCC1CCOCC1)NCCC1=CCCCC1. The van der Waals surface area contributed by atoms with Crippen LogP contribution in [0.5, 0.6) is 0 Å². The van der Waals surface area contributed by atoms with Crippen molar-refractivity contribution in [2.24, 2.45) is 10.9 Å². The van der Waals surface area contributed by atoms with Gasteiger partial charge in [0.25, 0.3) is 0 Å². The average Bonchev–Trinajstić information content (AvgIpc) is 2.64. The van der Waals surface area contributed by atoms with Crippen LogP contribution in [0.1, 0.15) is 51.4 Å². The standard InChI is InChI=1S/C19H35N3O2/c1-20-19(22-12-8-17-6-3-2-4-7-17)21-11-5-13-24-16-18-9-14-23-15-10-18/h6,18H,2-5,7-16H2,1H3,(H2,20,21,22). The van der Waals surface area contributed by atoms with E-state index in [4.69, 9.17) is 9.47 Å². The number of allylic oxidation sites excluding steroid dienone is 1. The maximum Gasteiger partial charge on any atom is 0.190 e. The maximum atomic E-state index is 5.79. The van der Waals surface area contributed by atoms with Crippen molar-refractivity contribution in [1.29, 1.82) is 0 Å². The lowest BCUT2D eigenvalue weighted by atomic mass is 9.97. The first-order chi connectivity index (χ1) is 11.9. The van der Waals surface area contributed by atoms with Gasteiger partial charge in [0, 0.05) is 46.6 Å². The Hall–Kier alpha value is -1.07. The summed E-state index contributed by atoms with van der Waals surface area (Å²) < 4.78 is 11.2. The molecule has 5 heteroatoms. The van der Waals surface area contributed by atoms with Crippen molar-refractivity contribution in [2.45, 2.75) is 51.4 Å². The van der Waals surface area contributed by atoms with Crippen molar-refractivity contribution in [3.8, 4) is 0 Å².